The number of hydrogen-bond donors (Lipinski definition) is 2. The lowest BCUT2D eigenvalue weighted by Gasteiger charge is -2.13. The second-order valence-electron chi connectivity index (χ2n) is 6.30. The van der Waals surface area contributed by atoms with E-state index in [2.05, 4.69) is 10.6 Å². The van der Waals surface area contributed by atoms with Crippen LogP contribution in [0, 0.1) is 15.9 Å². The molecule has 0 aliphatic carbocycles. The molecule has 0 bridgehead atoms. The van der Waals surface area contributed by atoms with Crippen molar-refractivity contribution in [3.8, 4) is 0 Å². The van der Waals surface area contributed by atoms with Crippen LogP contribution < -0.4 is 10.6 Å². The van der Waals surface area contributed by atoms with E-state index in [-0.39, 0.29) is 32.8 Å². The van der Waals surface area contributed by atoms with E-state index in [1.807, 2.05) is 0 Å². The predicted molar refractivity (Wildman–Crippen MR) is 117 cm³/mol. The normalized spacial score (nSPS) is 10.4. The lowest BCUT2D eigenvalue weighted by atomic mass is 10.1. The summed E-state index contributed by atoms with van der Waals surface area (Å²) < 4.78 is 14.1. The van der Waals surface area contributed by atoms with E-state index < -0.39 is 16.6 Å². The summed E-state index contributed by atoms with van der Waals surface area (Å²) in [6, 6.07) is 14.3. The monoisotopic (exact) mass is 459 g/mol. The van der Waals surface area contributed by atoms with Crippen molar-refractivity contribution in [2.75, 3.05) is 10.6 Å². The van der Waals surface area contributed by atoms with Gasteiger partial charge in [-0.25, -0.2) is 4.39 Å². The molecule has 0 fully saturated rings. The van der Waals surface area contributed by atoms with Crippen LogP contribution in [0.1, 0.15) is 17.3 Å². The van der Waals surface area contributed by atoms with Crippen molar-refractivity contribution in [1.29, 1.82) is 0 Å². The number of non-ortho nitro benzene ring substituents is 1. The molecule has 3 aromatic rings. The van der Waals surface area contributed by atoms with Gasteiger partial charge >= 0.3 is 0 Å². The van der Waals surface area contributed by atoms with Crippen LogP contribution in [0.3, 0.4) is 0 Å². The van der Waals surface area contributed by atoms with Crippen LogP contribution >= 0.6 is 23.4 Å². The average molecular weight is 460 g/mol. The molecule has 0 saturated heterocycles. The topological polar surface area (TPSA) is 101 Å². The fourth-order valence-corrected chi connectivity index (χ4v) is 3.75. The van der Waals surface area contributed by atoms with E-state index in [0.717, 1.165) is 17.8 Å². The molecule has 0 atom stereocenters. The quantitative estimate of drug-likeness (QED) is 0.361. The highest BCUT2D eigenvalue weighted by Gasteiger charge is 2.19. The summed E-state index contributed by atoms with van der Waals surface area (Å²) in [4.78, 5) is 35.4. The Morgan fingerprint density at radius 3 is 2.45 bits per heavy atom. The summed E-state index contributed by atoms with van der Waals surface area (Å²) in [7, 11) is 0. The van der Waals surface area contributed by atoms with Gasteiger partial charge in [-0.05, 0) is 36.4 Å². The molecule has 0 unspecified atom stereocenters. The molecular weight excluding hydrogens is 445 g/mol. The number of nitro groups is 1. The van der Waals surface area contributed by atoms with Gasteiger partial charge in [-0.2, -0.15) is 0 Å². The highest BCUT2D eigenvalue weighted by atomic mass is 35.5. The van der Waals surface area contributed by atoms with Crippen LogP contribution in [0.4, 0.5) is 21.5 Å². The van der Waals surface area contributed by atoms with Crippen molar-refractivity contribution in [1.82, 2.24) is 0 Å². The number of nitro benzene ring substituents is 1. The van der Waals surface area contributed by atoms with Crippen molar-refractivity contribution in [2.45, 2.75) is 16.7 Å². The lowest BCUT2D eigenvalue weighted by Crippen LogP contribution is -2.14. The zero-order valence-corrected chi connectivity index (χ0v) is 17.6. The van der Waals surface area contributed by atoms with Gasteiger partial charge in [0.1, 0.15) is 5.82 Å². The van der Waals surface area contributed by atoms with Gasteiger partial charge in [0.15, 0.2) is 0 Å². The maximum absolute atomic E-state index is 14.1. The van der Waals surface area contributed by atoms with Crippen molar-refractivity contribution in [3.63, 3.8) is 0 Å². The molecule has 0 radical (unpaired) electrons. The van der Waals surface area contributed by atoms with E-state index in [4.69, 9.17) is 11.6 Å². The molecule has 2 amide bonds. The van der Waals surface area contributed by atoms with Crippen LogP contribution in [-0.4, -0.2) is 16.7 Å². The third kappa shape index (κ3) is 5.59. The number of amides is 2. The van der Waals surface area contributed by atoms with Crippen LogP contribution in [-0.2, 0) is 4.79 Å². The third-order valence-electron chi connectivity index (χ3n) is 4.01. The van der Waals surface area contributed by atoms with Gasteiger partial charge < -0.3 is 10.6 Å². The van der Waals surface area contributed by atoms with Gasteiger partial charge in [0, 0.05) is 34.5 Å². The molecule has 0 saturated carbocycles. The van der Waals surface area contributed by atoms with Gasteiger partial charge in [-0.15, -0.1) is 0 Å². The molecule has 7 nitrogen and oxygen atoms in total. The summed E-state index contributed by atoms with van der Waals surface area (Å²) in [5.74, 6) is -1.46. The SMILES string of the molecule is CC(=O)Nc1ccc(Cl)c(NC(=O)c2cc([N+](=O)[O-])ccc2Sc2ccccc2F)c1. The van der Waals surface area contributed by atoms with Gasteiger partial charge in [-0.1, -0.05) is 35.5 Å². The average Bonchev–Trinajstić information content (AvgIpc) is 2.71. The van der Waals surface area contributed by atoms with E-state index in [1.165, 1.54) is 49.4 Å². The Hall–Kier alpha value is -3.43. The first-order valence-corrected chi connectivity index (χ1v) is 10.0. The largest absolute Gasteiger partial charge is 0.326 e. The number of anilines is 2. The second kappa shape index (κ2) is 9.59. The molecular formula is C21H15ClFN3O4S. The molecule has 0 aromatic heterocycles. The Kier molecular flexibility index (Phi) is 6.88. The molecule has 10 heteroatoms. The number of carbonyl (C=O) groups excluding carboxylic acids is 2. The smallest absolute Gasteiger partial charge is 0.270 e. The molecule has 3 rings (SSSR count). The zero-order chi connectivity index (χ0) is 22.5. The van der Waals surface area contributed by atoms with E-state index in [9.17, 15) is 24.1 Å². The molecule has 0 spiro atoms. The van der Waals surface area contributed by atoms with Crippen LogP contribution in [0.15, 0.2) is 70.5 Å². The number of carbonyl (C=O) groups is 2. The van der Waals surface area contributed by atoms with Gasteiger partial charge in [0.25, 0.3) is 11.6 Å². The minimum absolute atomic E-state index is 0.0246. The summed E-state index contributed by atoms with van der Waals surface area (Å²) in [5.41, 5.74) is 0.294. The Morgan fingerprint density at radius 2 is 1.77 bits per heavy atom. The van der Waals surface area contributed by atoms with Gasteiger partial charge in [0.2, 0.25) is 5.91 Å². The fourth-order valence-electron chi connectivity index (χ4n) is 2.64. The minimum Gasteiger partial charge on any atom is -0.326 e. The Balaban J connectivity index is 1.97. The maximum Gasteiger partial charge on any atom is 0.270 e. The van der Waals surface area contributed by atoms with Crippen LogP contribution in [0.5, 0.6) is 0 Å². The first-order chi connectivity index (χ1) is 14.7. The van der Waals surface area contributed by atoms with Gasteiger partial charge in [0.05, 0.1) is 21.2 Å². The predicted octanol–water partition coefficient (Wildman–Crippen LogP) is 5.75. The number of hydrogen-bond acceptors (Lipinski definition) is 5. The highest BCUT2D eigenvalue weighted by Crippen LogP contribution is 2.35. The molecule has 158 valence electrons. The highest BCUT2D eigenvalue weighted by molar-refractivity contribution is 7.99. The third-order valence-corrected chi connectivity index (χ3v) is 5.47. The van der Waals surface area contributed by atoms with Crippen LogP contribution in [0.2, 0.25) is 5.02 Å². The second-order valence-corrected chi connectivity index (χ2v) is 7.79. The first-order valence-electron chi connectivity index (χ1n) is 8.84. The summed E-state index contributed by atoms with van der Waals surface area (Å²) >= 11 is 7.11. The van der Waals surface area contributed by atoms with E-state index in [1.54, 1.807) is 12.1 Å². The molecule has 0 heterocycles. The van der Waals surface area contributed by atoms with Crippen molar-refractivity contribution >= 4 is 52.2 Å². The number of rotatable bonds is 6. The van der Waals surface area contributed by atoms with Crippen LogP contribution in [0.25, 0.3) is 0 Å². The number of nitrogens with one attached hydrogen (secondary N) is 2. The molecule has 0 aliphatic heterocycles. The molecule has 2 N–H and O–H groups in total. The molecule has 31 heavy (non-hydrogen) atoms. The van der Waals surface area contributed by atoms with Crippen molar-refractivity contribution in [2.24, 2.45) is 0 Å². The molecule has 3 aromatic carbocycles. The lowest BCUT2D eigenvalue weighted by molar-refractivity contribution is -0.384. The summed E-state index contributed by atoms with van der Waals surface area (Å²) in [6.45, 7) is 1.34. The standard InChI is InChI=1S/C21H15ClFN3O4S/c1-12(27)24-13-6-8-16(22)18(10-13)25-21(28)15-11-14(26(29)30)7-9-19(15)31-20-5-3-2-4-17(20)23/h2-11H,1H3,(H,24,27)(H,25,28). The Labute approximate surface area is 185 Å². The molecule has 0 aliphatic rings. The zero-order valence-electron chi connectivity index (χ0n) is 16.0. The van der Waals surface area contributed by atoms with Crippen molar-refractivity contribution in [3.05, 3.63) is 87.2 Å². The number of nitrogens with zero attached hydrogens (tertiary/aromatic N) is 1. The van der Waals surface area contributed by atoms with Crippen molar-refractivity contribution < 1.29 is 18.9 Å². The summed E-state index contributed by atoms with van der Waals surface area (Å²) in [6.07, 6.45) is 0. The Morgan fingerprint density at radius 1 is 1.03 bits per heavy atom. The number of benzene rings is 3. The van der Waals surface area contributed by atoms with E-state index in [0.29, 0.717) is 10.6 Å². The summed E-state index contributed by atoms with van der Waals surface area (Å²) in [5, 5.41) is 16.6. The first kappa shape index (κ1) is 22.3. The maximum atomic E-state index is 14.1. The number of halogens is 2. The Bertz CT molecular complexity index is 1190. The van der Waals surface area contributed by atoms with E-state index >= 15 is 0 Å². The van der Waals surface area contributed by atoms with Gasteiger partial charge in [-0.3, -0.25) is 19.7 Å². The minimum atomic E-state index is -0.676. The fraction of sp³-hybridized carbons (Fsp3) is 0.0476.